The fourth-order valence-corrected chi connectivity index (χ4v) is 4.55. The zero-order valence-corrected chi connectivity index (χ0v) is 16.2. The maximum atomic E-state index is 12.3. The number of imidazole rings is 1. The molecule has 0 amide bonds. The van der Waals surface area contributed by atoms with Gasteiger partial charge in [-0.15, -0.1) is 0 Å². The Bertz CT molecular complexity index is 1260. The summed E-state index contributed by atoms with van der Waals surface area (Å²) >= 11 is 0. The molecule has 7 nitrogen and oxygen atoms in total. The summed E-state index contributed by atoms with van der Waals surface area (Å²) in [6.07, 6.45) is 6.60. The molecule has 1 N–H and O–H groups in total. The molecule has 2 aliphatic rings. The molecule has 148 valence electrons. The van der Waals surface area contributed by atoms with Crippen LogP contribution < -0.4 is 4.90 Å². The van der Waals surface area contributed by atoms with Crippen molar-refractivity contribution in [3.8, 4) is 11.3 Å². The van der Waals surface area contributed by atoms with E-state index in [1.54, 1.807) is 18.6 Å². The van der Waals surface area contributed by atoms with Crippen LogP contribution in [0.3, 0.4) is 0 Å². The molecule has 1 spiro atoms. The van der Waals surface area contributed by atoms with Gasteiger partial charge in [0.05, 0.1) is 28.5 Å². The zero-order valence-electron chi connectivity index (χ0n) is 16.2. The first-order valence-electron chi connectivity index (χ1n) is 10.1. The monoisotopic (exact) mass is 397 g/mol. The third-order valence-electron chi connectivity index (χ3n) is 6.13. The van der Waals surface area contributed by atoms with Crippen LogP contribution in [0.5, 0.6) is 0 Å². The van der Waals surface area contributed by atoms with Crippen LogP contribution in [0.2, 0.25) is 0 Å². The highest BCUT2D eigenvalue weighted by molar-refractivity contribution is 5.94. The molecule has 0 unspecified atom stereocenters. The predicted molar refractivity (Wildman–Crippen MR) is 112 cm³/mol. The minimum atomic E-state index is -0.505. The lowest BCUT2D eigenvalue weighted by atomic mass is 9.84. The van der Waals surface area contributed by atoms with E-state index in [0.717, 1.165) is 59.7 Å². The summed E-state index contributed by atoms with van der Waals surface area (Å²) in [5.74, 6) is 0.632. The van der Waals surface area contributed by atoms with Gasteiger partial charge in [-0.3, -0.25) is 9.97 Å². The lowest BCUT2D eigenvalue weighted by molar-refractivity contribution is -0.0211. The van der Waals surface area contributed by atoms with Crippen LogP contribution in [-0.4, -0.2) is 39.0 Å². The normalized spacial score (nSPS) is 17.3. The fourth-order valence-electron chi connectivity index (χ4n) is 4.55. The second-order valence-electron chi connectivity index (χ2n) is 7.80. The van der Waals surface area contributed by atoms with Crippen LogP contribution in [0.1, 0.15) is 28.8 Å². The van der Waals surface area contributed by atoms with Crippen molar-refractivity contribution in [2.24, 2.45) is 0 Å². The van der Waals surface area contributed by atoms with E-state index in [4.69, 9.17) is 9.72 Å². The number of aromatic nitrogens is 4. The van der Waals surface area contributed by atoms with Crippen LogP contribution in [0, 0.1) is 0 Å². The molecule has 0 bridgehead atoms. The van der Waals surface area contributed by atoms with Gasteiger partial charge < -0.3 is 14.6 Å². The molecular formula is C23H19N5O2. The molecule has 1 fully saturated rings. The quantitative estimate of drug-likeness (QED) is 0.520. The van der Waals surface area contributed by atoms with Crippen molar-refractivity contribution in [1.82, 2.24) is 19.9 Å². The molecule has 4 aromatic rings. The molecule has 0 atom stereocenters. The van der Waals surface area contributed by atoms with Crippen molar-refractivity contribution >= 4 is 23.0 Å². The number of esters is 1. The number of fused-ring (bicyclic) bond motifs is 3. The number of H-pyrrole nitrogens is 1. The molecule has 4 heterocycles. The second-order valence-corrected chi connectivity index (χ2v) is 7.80. The predicted octanol–water partition coefficient (Wildman–Crippen LogP) is 3.69. The summed E-state index contributed by atoms with van der Waals surface area (Å²) in [6.45, 7) is 1.52. The molecule has 2 aromatic heterocycles. The van der Waals surface area contributed by atoms with Gasteiger partial charge in [-0.1, -0.05) is 24.3 Å². The number of hydrogen-bond acceptors (Lipinski definition) is 6. The third-order valence-corrected chi connectivity index (χ3v) is 6.13. The number of benzene rings is 2. The minimum Gasteiger partial charge on any atom is -0.450 e. The highest BCUT2D eigenvalue weighted by Gasteiger charge is 2.47. The van der Waals surface area contributed by atoms with E-state index in [9.17, 15) is 4.79 Å². The zero-order chi connectivity index (χ0) is 20.1. The van der Waals surface area contributed by atoms with Crippen LogP contribution in [0.15, 0.2) is 61.1 Å². The van der Waals surface area contributed by atoms with E-state index in [1.165, 1.54) is 0 Å². The smallest absolute Gasteiger partial charge is 0.339 e. The maximum Gasteiger partial charge on any atom is 0.339 e. The van der Waals surface area contributed by atoms with Gasteiger partial charge in [-0.05, 0) is 18.2 Å². The Hall–Kier alpha value is -3.74. The summed E-state index contributed by atoms with van der Waals surface area (Å²) in [4.78, 5) is 31.3. The molecule has 0 aliphatic carbocycles. The first-order valence-corrected chi connectivity index (χ1v) is 10.1. The number of carbonyl (C=O) groups is 1. The number of hydrogen-bond donors (Lipinski definition) is 1. The first-order chi connectivity index (χ1) is 14.7. The van der Waals surface area contributed by atoms with E-state index >= 15 is 0 Å². The van der Waals surface area contributed by atoms with Crippen LogP contribution in [0.25, 0.3) is 22.3 Å². The first kappa shape index (κ1) is 17.1. The molecule has 6 rings (SSSR count). The average Bonchev–Trinajstić information content (AvgIpc) is 3.34. The maximum absolute atomic E-state index is 12.3. The molecule has 7 heteroatoms. The van der Waals surface area contributed by atoms with E-state index in [2.05, 4.69) is 19.9 Å². The van der Waals surface area contributed by atoms with Crippen molar-refractivity contribution in [2.75, 3.05) is 18.0 Å². The Morgan fingerprint density at radius 3 is 2.77 bits per heavy atom. The van der Waals surface area contributed by atoms with Crippen molar-refractivity contribution < 1.29 is 9.53 Å². The Kier molecular flexibility index (Phi) is 3.65. The fraction of sp³-hybridized carbons (Fsp3) is 0.217. The van der Waals surface area contributed by atoms with Gasteiger partial charge in [-0.2, -0.15) is 0 Å². The number of ether oxygens (including phenoxy) is 1. The number of aromatic amines is 1. The molecule has 0 radical (unpaired) electrons. The molecule has 30 heavy (non-hydrogen) atoms. The van der Waals surface area contributed by atoms with E-state index < -0.39 is 5.60 Å². The van der Waals surface area contributed by atoms with E-state index in [0.29, 0.717) is 5.56 Å². The Morgan fingerprint density at radius 1 is 1.07 bits per heavy atom. The highest BCUT2D eigenvalue weighted by Crippen LogP contribution is 2.44. The van der Waals surface area contributed by atoms with Crippen LogP contribution in [0.4, 0.5) is 5.95 Å². The lowest BCUT2D eigenvalue weighted by Gasteiger charge is -2.38. The summed E-state index contributed by atoms with van der Waals surface area (Å²) in [5.41, 5.74) is 4.90. The van der Waals surface area contributed by atoms with Crippen molar-refractivity contribution in [3.05, 3.63) is 72.2 Å². The summed E-state index contributed by atoms with van der Waals surface area (Å²) in [6, 6.07) is 13.8. The topological polar surface area (TPSA) is 84.0 Å². The van der Waals surface area contributed by atoms with E-state index in [1.807, 2.05) is 42.5 Å². The largest absolute Gasteiger partial charge is 0.450 e. The van der Waals surface area contributed by atoms with Crippen LogP contribution >= 0.6 is 0 Å². The Morgan fingerprint density at radius 2 is 1.93 bits per heavy atom. The van der Waals surface area contributed by atoms with Crippen molar-refractivity contribution in [2.45, 2.75) is 18.4 Å². The summed E-state index contributed by atoms with van der Waals surface area (Å²) in [5, 5.41) is 0. The van der Waals surface area contributed by atoms with Crippen LogP contribution in [-0.2, 0) is 10.3 Å². The summed E-state index contributed by atoms with van der Waals surface area (Å²) in [7, 11) is 0. The molecule has 1 saturated heterocycles. The van der Waals surface area contributed by atoms with Crippen molar-refractivity contribution in [1.29, 1.82) is 0 Å². The van der Waals surface area contributed by atoms with Gasteiger partial charge in [0, 0.05) is 49.5 Å². The van der Waals surface area contributed by atoms with Gasteiger partial charge in [0.1, 0.15) is 5.60 Å². The molecule has 2 aromatic carbocycles. The summed E-state index contributed by atoms with van der Waals surface area (Å²) < 4.78 is 5.86. The molecule has 2 aliphatic heterocycles. The number of rotatable bonds is 2. The molecule has 0 saturated carbocycles. The van der Waals surface area contributed by atoms with Gasteiger partial charge >= 0.3 is 5.97 Å². The Balaban J connectivity index is 1.26. The van der Waals surface area contributed by atoms with Gasteiger partial charge in [0.25, 0.3) is 0 Å². The standard InChI is InChI=1S/C23H19N5O2/c29-21-16-3-1-2-4-17(16)23(30-21)7-11-28(12-8-23)22-26-18-6-5-15(13-19(18)27-22)20-14-24-9-10-25-20/h1-6,9-10,13-14H,7-8,11-12H2,(H,26,27). The number of nitrogens with zero attached hydrogens (tertiary/aromatic N) is 4. The second kappa shape index (κ2) is 6.38. The minimum absolute atomic E-state index is 0.209. The number of nitrogens with one attached hydrogen (secondary N) is 1. The van der Waals surface area contributed by atoms with Crippen molar-refractivity contribution in [3.63, 3.8) is 0 Å². The SMILES string of the molecule is O=C1OC2(CCN(c3nc4cc(-c5cnccn5)ccc4[nH]3)CC2)c2ccccc21. The van der Waals surface area contributed by atoms with Gasteiger partial charge in [0.15, 0.2) is 0 Å². The highest BCUT2D eigenvalue weighted by atomic mass is 16.6. The third kappa shape index (κ3) is 2.58. The van der Waals surface area contributed by atoms with Gasteiger partial charge in [-0.25, -0.2) is 9.78 Å². The van der Waals surface area contributed by atoms with Gasteiger partial charge in [0.2, 0.25) is 5.95 Å². The number of carbonyl (C=O) groups excluding carboxylic acids is 1. The Labute approximate surface area is 172 Å². The molecular weight excluding hydrogens is 378 g/mol. The average molecular weight is 397 g/mol. The lowest BCUT2D eigenvalue weighted by Crippen LogP contribution is -2.43. The van der Waals surface area contributed by atoms with E-state index in [-0.39, 0.29) is 5.97 Å². The number of piperidine rings is 1. The number of anilines is 1.